The molecule has 0 bridgehead atoms. The molecule has 3 N–H and O–H groups in total. The van der Waals surface area contributed by atoms with E-state index in [1.54, 1.807) is 12.1 Å². The number of nitrogens with zero attached hydrogens (tertiary/aromatic N) is 2. The van der Waals surface area contributed by atoms with Crippen molar-refractivity contribution in [3.05, 3.63) is 123 Å². The second-order valence-corrected chi connectivity index (χ2v) is 9.17. The number of aromatic amines is 1. The molecule has 0 atom stereocenters. The summed E-state index contributed by atoms with van der Waals surface area (Å²) in [5.74, 6) is -2.74. The van der Waals surface area contributed by atoms with Crippen LogP contribution in [0.25, 0.3) is 22.2 Å². The SMILES string of the molecule is CCNC(=O)c1cnc2[nH]cc(-c3cccc(CNC(=O)c4cccn(Cc5ccc(F)c(F)c5)c4=O)c3)c2c1. The van der Waals surface area contributed by atoms with E-state index >= 15 is 0 Å². The van der Waals surface area contributed by atoms with Gasteiger partial charge in [-0.15, -0.1) is 0 Å². The molecule has 0 fully saturated rings. The van der Waals surface area contributed by atoms with Crippen molar-refractivity contribution in [1.29, 1.82) is 0 Å². The van der Waals surface area contributed by atoms with Gasteiger partial charge in [0.25, 0.3) is 17.4 Å². The predicted octanol–water partition coefficient (Wildman–Crippen LogP) is 4.40. The molecule has 0 aliphatic rings. The fourth-order valence-corrected chi connectivity index (χ4v) is 4.42. The van der Waals surface area contributed by atoms with Crippen LogP contribution in [0, 0.1) is 11.6 Å². The van der Waals surface area contributed by atoms with Gasteiger partial charge in [-0.2, -0.15) is 0 Å². The first-order chi connectivity index (χ1) is 19.3. The first-order valence-corrected chi connectivity index (χ1v) is 12.6. The summed E-state index contributed by atoms with van der Waals surface area (Å²) in [4.78, 5) is 45.6. The van der Waals surface area contributed by atoms with Gasteiger partial charge >= 0.3 is 0 Å². The van der Waals surface area contributed by atoms with Gasteiger partial charge in [-0.05, 0) is 60.0 Å². The van der Waals surface area contributed by atoms with Crippen LogP contribution in [-0.2, 0) is 13.1 Å². The molecule has 8 nitrogen and oxygen atoms in total. The molecule has 0 unspecified atom stereocenters. The number of fused-ring (bicyclic) bond motifs is 1. The topological polar surface area (TPSA) is 109 Å². The molecule has 10 heteroatoms. The maximum absolute atomic E-state index is 13.6. The minimum Gasteiger partial charge on any atom is -0.352 e. The molecular formula is C30H25F2N5O3. The van der Waals surface area contributed by atoms with E-state index in [1.165, 1.54) is 29.1 Å². The van der Waals surface area contributed by atoms with E-state index in [0.29, 0.717) is 23.3 Å². The van der Waals surface area contributed by atoms with Gasteiger partial charge < -0.3 is 20.2 Å². The second kappa shape index (κ2) is 11.3. The van der Waals surface area contributed by atoms with Crippen LogP contribution in [0.15, 0.2) is 84.0 Å². The Morgan fingerprint density at radius 1 is 0.950 bits per heavy atom. The van der Waals surface area contributed by atoms with Gasteiger partial charge in [-0.3, -0.25) is 14.4 Å². The van der Waals surface area contributed by atoms with E-state index in [9.17, 15) is 23.2 Å². The molecule has 3 aromatic heterocycles. The second-order valence-electron chi connectivity index (χ2n) is 9.17. The van der Waals surface area contributed by atoms with E-state index in [1.807, 2.05) is 37.4 Å². The number of hydrogen-bond acceptors (Lipinski definition) is 4. The third-order valence-electron chi connectivity index (χ3n) is 6.42. The van der Waals surface area contributed by atoms with E-state index < -0.39 is 23.1 Å². The number of nitrogens with one attached hydrogen (secondary N) is 3. The molecule has 0 radical (unpaired) electrons. The van der Waals surface area contributed by atoms with Crippen molar-refractivity contribution in [1.82, 2.24) is 25.2 Å². The number of rotatable bonds is 8. The number of carbonyl (C=O) groups is 2. The maximum Gasteiger partial charge on any atom is 0.263 e. The highest BCUT2D eigenvalue weighted by Crippen LogP contribution is 2.29. The third kappa shape index (κ3) is 5.51. The minimum absolute atomic E-state index is 0.0134. The Kier molecular flexibility index (Phi) is 7.50. The molecule has 5 rings (SSSR count). The quantitative estimate of drug-likeness (QED) is 0.271. The number of pyridine rings is 2. The normalized spacial score (nSPS) is 11.0. The van der Waals surface area contributed by atoms with Crippen molar-refractivity contribution in [2.75, 3.05) is 6.54 Å². The average Bonchev–Trinajstić information content (AvgIpc) is 3.38. The van der Waals surface area contributed by atoms with Crippen molar-refractivity contribution in [2.24, 2.45) is 0 Å². The Balaban J connectivity index is 1.32. The number of aromatic nitrogens is 3. The zero-order valence-electron chi connectivity index (χ0n) is 21.5. The molecule has 0 aliphatic carbocycles. The standard InChI is InChI=1S/C30H25F2N5O3/c1-2-33-28(38)21-13-23-24(16-35-27(23)34-15-21)20-6-3-5-18(11-20)14-36-29(39)22-7-4-10-37(30(22)40)17-19-8-9-25(31)26(32)12-19/h3-13,15-16H,2,14,17H2,1H3,(H,33,38)(H,34,35)(H,36,39). The number of amides is 2. The monoisotopic (exact) mass is 541 g/mol. The van der Waals surface area contributed by atoms with E-state index in [-0.39, 0.29) is 24.6 Å². The van der Waals surface area contributed by atoms with Gasteiger partial charge in [0.1, 0.15) is 11.2 Å². The fraction of sp³-hybridized carbons (Fsp3) is 0.133. The number of hydrogen-bond donors (Lipinski definition) is 3. The summed E-state index contributed by atoms with van der Waals surface area (Å²) in [6, 6.07) is 15.7. The van der Waals surface area contributed by atoms with Crippen molar-refractivity contribution in [2.45, 2.75) is 20.0 Å². The molecule has 0 saturated heterocycles. The average molecular weight is 542 g/mol. The van der Waals surface area contributed by atoms with Crippen molar-refractivity contribution in [3.63, 3.8) is 0 Å². The summed E-state index contributed by atoms with van der Waals surface area (Å²) in [6.45, 7) is 2.50. The van der Waals surface area contributed by atoms with Crippen LogP contribution in [-0.4, -0.2) is 32.9 Å². The minimum atomic E-state index is -1.01. The number of benzene rings is 2. The Labute approximate surface area is 227 Å². The number of halogens is 2. The van der Waals surface area contributed by atoms with E-state index in [0.717, 1.165) is 34.2 Å². The Bertz CT molecular complexity index is 1790. The summed E-state index contributed by atoms with van der Waals surface area (Å²) >= 11 is 0. The van der Waals surface area contributed by atoms with Gasteiger partial charge in [-0.25, -0.2) is 13.8 Å². The lowest BCUT2D eigenvalue weighted by Crippen LogP contribution is -2.32. The lowest BCUT2D eigenvalue weighted by molar-refractivity contribution is 0.0943. The molecular weight excluding hydrogens is 516 g/mol. The fourth-order valence-electron chi connectivity index (χ4n) is 4.42. The molecule has 0 aliphatic heterocycles. The van der Waals surface area contributed by atoms with E-state index in [2.05, 4.69) is 20.6 Å². The van der Waals surface area contributed by atoms with Gasteiger partial charge in [-0.1, -0.05) is 24.3 Å². The zero-order valence-corrected chi connectivity index (χ0v) is 21.5. The maximum atomic E-state index is 13.6. The van der Waals surface area contributed by atoms with Crippen molar-refractivity contribution >= 4 is 22.8 Å². The van der Waals surface area contributed by atoms with Gasteiger partial charge in [0.15, 0.2) is 11.6 Å². The highest BCUT2D eigenvalue weighted by molar-refractivity contribution is 6.01. The molecule has 0 spiro atoms. The molecule has 40 heavy (non-hydrogen) atoms. The predicted molar refractivity (Wildman–Crippen MR) is 147 cm³/mol. The number of carbonyl (C=O) groups excluding carboxylic acids is 2. The Hall–Kier alpha value is -5.12. The van der Waals surface area contributed by atoms with Crippen molar-refractivity contribution in [3.8, 4) is 11.1 Å². The van der Waals surface area contributed by atoms with Crippen LogP contribution in [0.4, 0.5) is 8.78 Å². The van der Waals surface area contributed by atoms with Crippen LogP contribution in [0.2, 0.25) is 0 Å². The largest absolute Gasteiger partial charge is 0.352 e. The third-order valence-corrected chi connectivity index (χ3v) is 6.42. The Morgan fingerprint density at radius 2 is 1.80 bits per heavy atom. The first-order valence-electron chi connectivity index (χ1n) is 12.6. The highest BCUT2D eigenvalue weighted by atomic mass is 19.2. The summed E-state index contributed by atoms with van der Waals surface area (Å²) in [5, 5.41) is 6.33. The molecule has 3 heterocycles. The van der Waals surface area contributed by atoms with Crippen LogP contribution in [0.3, 0.4) is 0 Å². The zero-order chi connectivity index (χ0) is 28.2. The molecule has 2 aromatic carbocycles. The Morgan fingerprint density at radius 3 is 2.60 bits per heavy atom. The van der Waals surface area contributed by atoms with Gasteiger partial charge in [0.2, 0.25) is 0 Å². The van der Waals surface area contributed by atoms with Crippen LogP contribution >= 0.6 is 0 Å². The lowest BCUT2D eigenvalue weighted by Gasteiger charge is -2.10. The van der Waals surface area contributed by atoms with Crippen LogP contribution in [0.1, 0.15) is 38.8 Å². The summed E-state index contributed by atoms with van der Waals surface area (Å²) in [5.41, 5.74) is 3.38. The van der Waals surface area contributed by atoms with Gasteiger partial charge in [0, 0.05) is 42.6 Å². The molecule has 2 amide bonds. The first kappa shape index (κ1) is 26.5. The molecule has 0 saturated carbocycles. The summed E-state index contributed by atoms with van der Waals surface area (Å²) < 4.78 is 28.1. The van der Waals surface area contributed by atoms with E-state index in [4.69, 9.17) is 0 Å². The lowest BCUT2D eigenvalue weighted by atomic mass is 10.0. The van der Waals surface area contributed by atoms with Gasteiger partial charge in [0.05, 0.1) is 12.1 Å². The molecule has 5 aromatic rings. The summed E-state index contributed by atoms with van der Waals surface area (Å²) in [7, 11) is 0. The molecule has 202 valence electrons. The van der Waals surface area contributed by atoms with Crippen LogP contribution in [0.5, 0.6) is 0 Å². The summed E-state index contributed by atoms with van der Waals surface area (Å²) in [6.07, 6.45) is 4.82. The highest BCUT2D eigenvalue weighted by Gasteiger charge is 2.15. The smallest absolute Gasteiger partial charge is 0.263 e. The number of H-pyrrole nitrogens is 1. The van der Waals surface area contributed by atoms with Crippen molar-refractivity contribution < 1.29 is 18.4 Å². The van der Waals surface area contributed by atoms with Crippen LogP contribution < -0.4 is 16.2 Å².